The zero-order chi connectivity index (χ0) is 22.1. The Balaban J connectivity index is 0.00000363. The number of aliphatic imine (C=N–C) groups is 1. The lowest BCUT2D eigenvalue weighted by molar-refractivity contribution is 0.0925. The van der Waals surface area contributed by atoms with E-state index < -0.39 is 0 Å². The van der Waals surface area contributed by atoms with Gasteiger partial charge in [-0.1, -0.05) is 29.8 Å². The number of piperidine rings is 1. The molecular formula is C24H36IN5O2. The molecule has 2 aromatic rings. The number of halogens is 1. The van der Waals surface area contributed by atoms with Crippen molar-refractivity contribution in [1.29, 1.82) is 0 Å². The van der Waals surface area contributed by atoms with Crippen molar-refractivity contribution in [3.8, 4) is 0 Å². The Labute approximate surface area is 208 Å². The summed E-state index contributed by atoms with van der Waals surface area (Å²) in [6.07, 6.45) is 4.55. The minimum atomic E-state index is -0.164. The number of aryl methyl sites for hydroxylation is 2. The number of guanidine groups is 1. The normalized spacial score (nSPS) is 15.2. The van der Waals surface area contributed by atoms with E-state index in [0.29, 0.717) is 18.3 Å². The monoisotopic (exact) mass is 553 g/mol. The topological polar surface area (TPSA) is 81.9 Å². The van der Waals surface area contributed by atoms with E-state index in [4.69, 9.17) is 4.42 Å². The maximum Gasteiger partial charge on any atom is 0.287 e. The van der Waals surface area contributed by atoms with Gasteiger partial charge in [-0.2, -0.15) is 0 Å². The molecule has 0 saturated carbocycles. The molecule has 1 aliphatic heterocycles. The Morgan fingerprint density at radius 2 is 1.91 bits per heavy atom. The average molecular weight is 553 g/mol. The van der Waals surface area contributed by atoms with Crippen molar-refractivity contribution < 1.29 is 9.21 Å². The number of rotatable bonds is 8. The second kappa shape index (κ2) is 13.5. The molecule has 3 rings (SSSR count). The van der Waals surface area contributed by atoms with Crippen LogP contribution in [0.5, 0.6) is 0 Å². The van der Waals surface area contributed by atoms with E-state index in [1.807, 2.05) is 6.92 Å². The molecule has 0 atom stereocenters. The van der Waals surface area contributed by atoms with E-state index in [-0.39, 0.29) is 29.9 Å². The largest absolute Gasteiger partial charge is 0.459 e. The van der Waals surface area contributed by atoms with E-state index in [0.717, 1.165) is 57.0 Å². The summed E-state index contributed by atoms with van der Waals surface area (Å²) in [7, 11) is 1.80. The molecule has 0 radical (unpaired) electrons. The molecule has 1 aromatic heterocycles. The van der Waals surface area contributed by atoms with Crippen molar-refractivity contribution >= 4 is 35.8 Å². The molecule has 0 spiro atoms. The lowest BCUT2D eigenvalue weighted by Gasteiger charge is -2.33. The number of hydrogen-bond donors (Lipinski definition) is 3. The number of hydrogen-bond acceptors (Lipinski definition) is 4. The fraction of sp³-hybridized carbons (Fsp3) is 0.500. The number of amides is 1. The second-order valence-corrected chi connectivity index (χ2v) is 8.22. The molecule has 8 heteroatoms. The first-order valence-electron chi connectivity index (χ1n) is 11.1. The third-order valence-electron chi connectivity index (χ3n) is 5.64. The van der Waals surface area contributed by atoms with Crippen LogP contribution in [0, 0.1) is 13.8 Å². The van der Waals surface area contributed by atoms with Crippen molar-refractivity contribution in [2.75, 3.05) is 33.2 Å². The van der Waals surface area contributed by atoms with Gasteiger partial charge in [0.15, 0.2) is 11.7 Å². The lowest BCUT2D eigenvalue weighted by atomic mass is 10.0. The number of carbonyl (C=O) groups excluding carboxylic acids is 1. The van der Waals surface area contributed by atoms with Gasteiger partial charge in [-0.25, -0.2) is 0 Å². The molecule has 1 amide bonds. The van der Waals surface area contributed by atoms with Gasteiger partial charge in [0.25, 0.3) is 5.91 Å². The fourth-order valence-electron chi connectivity index (χ4n) is 3.87. The minimum absolute atomic E-state index is 0. The highest BCUT2D eigenvalue weighted by Crippen LogP contribution is 2.14. The fourth-order valence-corrected chi connectivity index (χ4v) is 3.87. The van der Waals surface area contributed by atoms with Crippen LogP contribution in [-0.4, -0.2) is 56.0 Å². The van der Waals surface area contributed by atoms with Crippen LogP contribution in [0.25, 0.3) is 0 Å². The summed E-state index contributed by atoms with van der Waals surface area (Å²) in [5, 5.41) is 9.77. The molecule has 32 heavy (non-hydrogen) atoms. The van der Waals surface area contributed by atoms with Gasteiger partial charge in [0.1, 0.15) is 0 Å². The number of likely N-dealkylation sites (tertiary alicyclic amines) is 1. The van der Waals surface area contributed by atoms with Crippen LogP contribution in [0.15, 0.2) is 46.0 Å². The second-order valence-electron chi connectivity index (χ2n) is 8.22. The van der Waals surface area contributed by atoms with Crippen LogP contribution in [0.1, 0.15) is 46.5 Å². The third-order valence-corrected chi connectivity index (χ3v) is 5.64. The maximum absolute atomic E-state index is 12.0. The zero-order valence-electron chi connectivity index (χ0n) is 19.3. The molecule has 1 fully saturated rings. The summed E-state index contributed by atoms with van der Waals surface area (Å²) < 4.78 is 5.21. The first-order chi connectivity index (χ1) is 15.0. The Hall–Kier alpha value is -2.07. The van der Waals surface area contributed by atoms with Crippen molar-refractivity contribution in [2.45, 2.75) is 45.7 Å². The molecule has 0 unspecified atom stereocenters. The van der Waals surface area contributed by atoms with Crippen molar-refractivity contribution in [3.05, 3.63) is 59.0 Å². The summed E-state index contributed by atoms with van der Waals surface area (Å²) >= 11 is 0. The molecule has 176 valence electrons. The highest BCUT2D eigenvalue weighted by Gasteiger charge is 2.20. The summed E-state index contributed by atoms with van der Waals surface area (Å²) in [5.74, 6) is 1.05. The SMILES string of the molecule is CN=C(NCCCNC(=O)c1occc1C)NC1CCN(Cc2cccc(C)c2)CC1.I. The first kappa shape index (κ1) is 26.2. The van der Waals surface area contributed by atoms with Gasteiger partial charge in [0, 0.05) is 51.4 Å². The van der Waals surface area contributed by atoms with Crippen LogP contribution >= 0.6 is 24.0 Å². The van der Waals surface area contributed by atoms with Crippen molar-refractivity contribution in [1.82, 2.24) is 20.9 Å². The Kier molecular flexibility index (Phi) is 11.0. The maximum atomic E-state index is 12.0. The van der Waals surface area contributed by atoms with E-state index >= 15 is 0 Å². The predicted octanol–water partition coefficient (Wildman–Crippen LogP) is 3.46. The van der Waals surface area contributed by atoms with Gasteiger partial charge in [-0.3, -0.25) is 14.7 Å². The number of carbonyl (C=O) groups is 1. The van der Waals surface area contributed by atoms with E-state index in [1.165, 1.54) is 17.4 Å². The van der Waals surface area contributed by atoms with Crippen LogP contribution < -0.4 is 16.0 Å². The quantitative estimate of drug-likeness (QED) is 0.202. The Morgan fingerprint density at radius 1 is 1.16 bits per heavy atom. The number of nitrogens with one attached hydrogen (secondary N) is 3. The minimum Gasteiger partial charge on any atom is -0.459 e. The molecule has 0 bridgehead atoms. The highest BCUT2D eigenvalue weighted by molar-refractivity contribution is 14.0. The number of furan rings is 1. The van der Waals surface area contributed by atoms with Crippen LogP contribution in [-0.2, 0) is 6.54 Å². The van der Waals surface area contributed by atoms with Gasteiger partial charge in [-0.15, -0.1) is 24.0 Å². The van der Waals surface area contributed by atoms with E-state index in [1.54, 1.807) is 13.1 Å². The van der Waals surface area contributed by atoms with Gasteiger partial charge in [0.05, 0.1) is 6.26 Å². The summed E-state index contributed by atoms with van der Waals surface area (Å²) in [6, 6.07) is 11.0. The molecule has 3 N–H and O–H groups in total. The smallest absolute Gasteiger partial charge is 0.287 e. The number of nitrogens with zero attached hydrogens (tertiary/aromatic N) is 2. The molecule has 1 aliphatic rings. The van der Waals surface area contributed by atoms with E-state index in [2.05, 4.69) is 57.0 Å². The standard InChI is InChI=1S/C24H35N5O2.HI/c1-18-6-4-7-20(16-18)17-29-13-8-21(9-14-29)28-24(25-3)27-12-5-11-26-23(30)22-19(2)10-15-31-22;/h4,6-7,10,15-16,21H,5,8-9,11-14,17H2,1-3H3,(H,26,30)(H2,25,27,28);1H. The summed E-state index contributed by atoms with van der Waals surface area (Å²) in [6.45, 7) is 8.52. The van der Waals surface area contributed by atoms with E-state index in [9.17, 15) is 4.79 Å². The Bertz CT molecular complexity index is 875. The van der Waals surface area contributed by atoms with Crippen molar-refractivity contribution in [3.63, 3.8) is 0 Å². The molecular weight excluding hydrogens is 517 g/mol. The molecule has 2 heterocycles. The molecule has 1 aromatic carbocycles. The van der Waals surface area contributed by atoms with Crippen LogP contribution in [0.2, 0.25) is 0 Å². The van der Waals surface area contributed by atoms with Gasteiger partial charge in [-0.05, 0) is 44.7 Å². The average Bonchev–Trinajstić information content (AvgIpc) is 3.20. The molecule has 7 nitrogen and oxygen atoms in total. The number of benzene rings is 1. The first-order valence-corrected chi connectivity index (χ1v) is 11.1. The van der Waals surface area contributed by atoms with Crippen molar-refractivity contribution in [2.24, 2.45) is 4.99 Å². The van der Waals surface area contributed by atoms with Gasteiger partial charge in [0.2, 0.25) is 0 Å². The molecule has 1 saturated heterocycles. The third kappa shape index (κ3) is 8.12. The van der Waals surface area contributed by atoms with Gasteiger partial charge >= 0.3 is 0 Å². The predicted molar refractivity (Wildman–Crippen MR) is 140 cm³/mol. The van der Waals surface area contributed by atoms with Crippen LogP contribution in [0.3, 0.4) is 0 Å². The van der Waals surface area contributed by atoms with Gasteiger partial charge < -0.3 is 20.4 Å². The molecule has 0 aliphatic carbocycles. The zero-order valence-corrected chi connectivity index (χ0v) is 21.6. The highest BCUT2D eigenvalue weighted by atomic mass is 127. The lowest BCUT2D eigenvalue weighted by Crippen LogP contribution is -2.48. The Morgan fingerprint density at radius 3 is 2.56 bits per heavy atom. The summed E-state index contributed by atoms with van der Waals surface area (Å²) in [5.41, 5.74) is 3.56. The van der Waals surface area contributed by atoms with Crippen LogP contribution in [0.4, 0.5) is 0 Å². The summed E-state index contributed by atoms with van der Waals surface area (Å²) in [4.78, 5) is 18.9.